The van der Waals surface area contributed by atoms with Crippen LogP contribution in [0.15, 0.2) is 30.3 Å². The van der Waals surface area contributed by atoms with E-state index in [0.29, 0.717) is 0 Å². The zero-order chi connectivity index (χ0) is 12.4. The Hall–Kier alpha value is -0.830. The Bertz CT molecular complexity index is 519. The van der Waals surface area contributed by atoms with Crippen molar-refractivity contribution in [2.45, 2.75) is 19.9 Å². The summed E-state index contributed by atoms with van der Waals surface area (Å²) in [6.45, 7) is 4.23. The molecule has 0 radical (unpaired) electrons. The van der Waals surface area contributed by atoms with Gasteiger partial charge in [-0.3, -0.25) is 0 Å². The molecule has 1 N–H and O–H groups in total. The largest absolute Gasteiger partial charge is 0.313 e. The Balaban J connectivity index is 2.37. The van der Waals surface area contributed by atoms with E-state index in [1.807, 2.05) is 7.05 Å². The highest BCUT2D eigenvalue weighted by Gasteiger charge is 2.09. The lowest BCUT2D eigenvalue weighted by molar-refractivity contribution is 0.652. The van der Waals surface area contributed by atoms with Gasteiger partial charge in [-0.15, -0.1) is 11.3 Å². The maximum atomic E-state index is 6.32. The van der Waals surface area contributed by atoms with Crippen LogP contribution in [0, 0.1) is 6.92 Å². The molecule has 1 aromatic heterocycles. The minimum Gasteiger partial charge on any atom is -0.313 e. The van der Waals surface area contributed by atoms with Crippen molar-refractivity contribution in [3.05, 3.63) is 45.8 Å². The zero-order valence-corrected chi connectivity index (χ0v) is 11.8. The summed E-state index contributed by atoms with van der Waals surface area (Å²) in [6.07, 6.45) is 0. The van der Waals surface area contributed by atoms with Gasteiger partial charge in [0.2, 0.25) is 0 Å². The second kappa shape index (κ2) is 5.21. The zero-order valence-electron chi connectivity index (χ0n) is 10.3. The van der Waals surface area contributed by atoms with Gasteiger partial charge < -0.3 is 5.32 Å². The fourth-order valence-electron chi connectivity index (χ4n) is 1.78. The van der Waals surface area contributed by atoms with E-state index in [2.05, 4.69) is 49.5 Å². The van der Waals surface area contributed by atoms with Crippen LogP contribution in [-0.2, 0) is 0 Å². The lowest BCUT2D eigenvalue weighted by Crippen LogP contribution is -2.12. The lowest BCUT2D eigenvalue weighted by Gasteiger charge is -2.13. The second-order valence-corrected chi connectivity index (χ2v) is 5.85. The second-order valence-electron chi connectivity index (χ2n) is 4.16. The van der Waals surface area contributed by atoms with Gasteiger partial charge in [0.15, 0.2) is 0 Å². The monoisotopic (exact) mass is 265 g/mol. The minimum absolute atomic E-state index is 0.279. The molecule has 3 heteroatoms. The Morgan fingerprint density at radius 1 is 1.24 bits per heavy atom. The summed E-state index contributed by atoms with van der Waals surface area (Å²) < 4.78 is 0. The molecule has 1 aromatic carbocycles. The molecule has 0 spiro atoms. The first-order chi connectivity index (χ1) is 8.11. The molecule has 0 saturated carbocycles. The van der Waals surface area contributed by atoms with Crippen molar-refractivity contribution in [2.24, 2.45) is 0 Å². The predicted molar refractivity (Wildman–Crippen MR) is 77.0 cm³/mol. The van der Waals surface area contributed by atoms with Crippen LogP contribution in [0.3, 0.4) is 0 Å². The highest BCUT2D eigenvalue weighted by atomic mass is 35.5. The molecule has 1 atom stereocenters. The maximum Gasteiger partial charge on any atom is 0.0460 e. The average molecular weight is 266 g/mol. The normalized spacial score (nSPS) is 12.7. The van der Waals surface area contributed by atoms with E-state index in [9.17, 15) is 0 Å². The van der Waals surface area contributed by atoms with Crippen LogP contribution in [0.4, 0.5) is 0 Å². The number of aryl methyl sites for hydroxylation is 1. The van der Waals surface area contributed by atoms with Gasteiger partial charge in [0.25, 0.3) is 0 Å². The molecular formula is C14H16ClNS. The standard InChI is InChI=1S/C14H16ClNS/c1-9-4-7-14(17-9)11-5-6-12(10(2)16-3)13(15)8-11/h4-8,10,16H,1-3H3. The first-order valence-corrected chi connectivity index (χ1v) is 6.85. The quantitative estimate of drug-likeness (QED) is 0.851. The third kappa shape index (κ3) is 2.71. The summed E-state index contributed by atoms with van der Waals surface area (Å²) in [6, 6.07) is 10.9. The van der Waals surface area contributed by atoms with Crippen molar-refractivity contribution in [1.29, 1.82) is 0 Å². The predicted octanol–water partition coefficient (Wildman–Crippen LogP) is 4.66. The average Bonchev–Trinajstić information content (AvgIpc) is 2.75. The van der Waals surface area contributed by atoms with Crippen LogP contribution in [0.5, 0.6) is 0 Å². The summed E-state index contributed by atoms with van der Waals surface area (Å²) in [4.78, 5) is 2.59. The van der Waals surface area contributed by atoms with Gasteiger partial charge in [-0.25, -0.2) is 0 Å². The molecule has 2 aromatic rings. The van der Waals surface area contributed by atoms with Crippen LogP contribution in [0.1, 0.15) is 23.4 Å². The van der Waals surface area contributed by atoms with Gasteiger partial charge in [-0.05, 0) is 50.2 Å². The smallest absolute Gasteiger partial charge is 0.0460 e. The van der Waals surface area contributed by atoms with Gasteiger partial charge >= 0.3 is 0 Å². The molecule has 90 valence electrons. The Morgan fingerprint density at radius 3 is 2.53 bits per heavy atom. The van der Waals surface area contributed by atoms with Gasteiger partial charge in [0.1, 0.15) is 0 Å². The molecule has 0 aliphatic heterocycles. The van der Waals surface area contributed by atoms with Crippen LogP contribution >= 0.6 is 22.9 Å². The number of nitrogens with one attached hydrogen (secondary N) is 1. The summed E-state index contributed by atoms with van der Waals surface area (Å²) in [5, 5.41) is 4.03. The van der Waals surface area contributed by atoms with E-state index < -0.39 is 0 Å². The molecule has 2 rings (SSSR count). The number of thiophene rings is 1. The topological polar surface area (TPSA) is 12.0 Å². The van der Waals surface area contributed by atoms with Gasteiger partial charge in [-0.1, -0.05) is 23.7 Å². The lowest BCUT2D eigenvalue weighted by atomic mass is 10.1. The van der Waals surface area contributed by atoms with Gasteiger partial charge in [0.05, 0.1) is 0 Å². The summed E-state index contributed by atoms with van der Waals surface area (Å²) in [5.74, 6) is 0. The van der Waals surface area contributed by atoms with E-state index in [0.717, 1.165) is 10.6 Å². The number of hydrogen-bond donors (Lipinski definition) is 1. The van der Waals surface area contributed by atoms with Crippen molar-refractivity contribution in [3.8, 4) is 10.4 Å². The SMILES string of the molecule is CNC(C)c1ccc(-c2ccc(C)s2)cc1Cl. The Labute approximate surface area is 111 Å². The third-order valence-electron chi connectivity index (χ3n) is 2.92. The van der Waals surface area contributed by atoms with E-state index >= 15 is 0 Å². The molecule has 0 aliphatic carbocycles. The fourth-order valence-corrected chi connectivity index (χ4v) is 2.98. The van der Waals surface area contributed by atoms with E-state index in [-0.39, 0.29) is 6.04 Å². The van der Waals surface area contributed by atoms with Crippen LogP contribution in [0.25, 0.3) is 10.4 Å². The molecule has 0 fully saturated rings. The van der Waals surface area contributed by atoms with Crippen LogP contribution < -0.4 is 5.32 Å². The molecule has 0 aliphatic rings. The van der Waals surface area contributed by atoms with Gasteiger partial charge in [-0.2, -0.15) is 0 Å². The molecule has 1 unspecified atom stereocenters. The van der Waals surface area contributed by atoms with Crippen LogP contribution in [-0.4, -0.2) is 7.05 Å². The van der Waals surface area contributed by atoms with Crippen molar-refractivity contribution in [2.75, 3.05) is 7.05 Å². The van der Waals surface area contributed by atoms with Crippen molar-refractivity contribution < 1.29 is 0 Å². The van der Waals surface area contributed by atoms with Crippen molar-refractivity contribution in [1.82, 2.24) is 5.32 Å². The van der Waals surface area contributed by atoms with Crippen molar-refractivity contribution >= 4 is 22.9 Å². The van der Waals surface area contributed by atoms with E-state index in [1.165, 1.54) is 15.3 Å². The Morgan fingerprint density at radius 2 is 2.00 bits per heavy atom. The molecule has 17 heavy (non-hydrogen) atoms. The highest BCUT2D eigenvalue weighted by Crippen LogP contribution is 2.32. The highest BCUT2D eigenvalue weighted by molar-refractivity contribution is 7.15. The third-order valence-corrected chi connectivity index (χ3v) is 4.30. The first kappa shape index (κ1) is 12.6. The number of rotatable bonds is 3. The van der Waals surface area contributed by atoms with E-state index in [4.69, 9.17) is 11.6 Å². The summed E-state index contributed by atoms with van der Waals surface area (Å²) >= 11 is 8.12. The first-order valence-electron chi connectivity index (χ1n) is 5.65. The Kier molecular flexibility index (Phi) is 3.87. The van der Waals surface area contributed by atoms with Crippen molar-refractivity contribution in [3.63, 3.8) is 0 Å². The molecule has 1 heterocycles. The number of benzene rings is 1. The molecular weight excluding hydrogens is 250 g/mol. The summed E-state index contributed by atoms with van der Waals surface area (Å²) in [7, 11) is 1.94. The maximum absolute atomic E-state index is 6.32. The minimum atomic E-state index is 0.279. The van der Waals surface area contributed by atoms with E-state index in [1.54, 1.807) is 11.3 Å². The molecule has 0 saturated heterocycles. The number of hydrogen-bond acceptors (Lipinski definition) is 2. The molecule has 0 bridgehead atoms. The molecule has 0 amide bonds. The molecule has 1 nitrogen and oxygen atoms in total. The van der Waals surface area contributed by atoms with Gasteiger partial charge in [0, 0.05) is 20.8 Å². The fraction of sp³-hybridized carbons (Fsp3) is 0.286. The van der Waals surface area contributed by atoms with Crippen LogP contribution in [0.2, 0.25) is 5.02 Å². The summed E-state index contributed by atoms with van der Waals surface area (Å²) in [5.41, 5.74) is 2.34. The number of halogens is 1.